The van der Waals surface area contributed by atoms with Crippen molar-refractivity contribution in [2.24, 2.45) is 5.10 Å². The van der Waals surface area contributed by atoms with Gasteiger partial charge in [-0.3, -0.25) is 19.7 Å². The summed E-state index contributed by atoms with van der Waals surface area (Å²) < 4.78 is 11.9. The number of rotatable bonds is 6. The summed E-state index contributed by atoms with van der Waals surface area (Å²) in [6.45, 7) is 0.0440. The van der Waals surface area contributed by atoms with Crippen LogP contribution < -0.4 is 5.43 Å². The number of hydrogen-bond acceptors (Lipinski definition) is 7. The van der Waals surface area contributed by atoms with E-state index < -0.39 is 10.8 Å². The summed E-state index contributed by atoms with van der Waals surface area (Å²) in [6.07, 6.45) is 3.19. The number of ether oxygens (including phenoxy) is 1. The van der Waals surface area contributed by atoms with Gasteiger partial charge in [0.1, 0.15) is 12.1 Å². The van der Waals surface area contributed by atoms with E-state index in [1.165, 1.54) is 37.6 Å². The lowest BCUT2D eigenvalue weighted by molar-refractivity contribution is -0.384. The highest BCUT2D eigenvalue weighted by Crippen LogP contribution is 2.24. The number of nitro groups is 1. The molecule has 0 unspecified atom stereocenters. The number of carbonyl (C=O) groups excluding carboxylic acids is 2. The van der Waals surface area contributed by atoms with Gasteiger partial charge in [-0.25, -0.2) is 5.43 Å². The molecule has 31 heavy (non-hydrogen) atoms. The number of nitrogens with zero attached hydrogens (tertiary/aromatic N) is 3. The Hall–Kier alpha value is -4.47. The number of furan rings is 1. The maximum atomic E-state index is 12.4. The third-order valence-corrected chi connectivity index (χ3v) is 4.65. The molecule has 1 N–H and O–H groups in total. The fourth-order valence-corrected chi connectivity index (χ4v) is 3.18. The van der Waals surface area contributed by atoms with Gasteiger partial charge in [0.2, 0.25) is 0 Å². The molecule has 0 spiro atoms. The Bertz CT molecular complexity index is 1350. The second-order valence-corrected chi connectivity index (χ2v) is 6.59. The highest BCUT2D eigenvalue weighted by atomic mass is 16.6. The molecule has 4 aromatic rings. The van der Waals surface area contributed by atoms with Gasteiger partial charge in [-0.05, 0) is 18.2 Å². The van der Waals surface area contributed by atoms with Crippen LogP contribution in [-0.4, -0.2) is 34.7 Å². The lowest BCUT2D eigenvalue weighted by Gasteiger charge is -2.02. The predicted octanol–water partition coefficient (Wildman–Crippen LogP) is 3.23. The number of methoxy groups -OCH3 is 1. The van der Waals surface area contributed by atoms with Crippen molar-refractivity contribution >= 4 is 45.7 Å². The van der Waals surface area contributed by atoms with Crippen molar-refractivity contribution in [1.29, 1.82) is 0 Å². The zero-order valence-corrected chi connectivity index (χ0v) is 16.3. The maximum Gasteiger partial charge on any atom is 0.325 e. The van der Waals surface area contributed by atoms with E-state index in [9.17, 15) is 19.7 Å². The van der Waals surface area contributed by atoms with Gasteiger partial charge < -0.3 is 13.7 Å². The second-order valence-electron chi connectivity index (χ2n) is 6.59. The first-order valence-corrected chi connectivity index (χ1v) is 9.12. The Morgan fingerprint density at radius 1 is 1.26 bits per heavy atom. The lowest BCUT2D eigenvalue weighted by Crippen LogP contribution is -2.16. The maximum absolute atomic E-state index is 12.4. The van der Waals surface area contributed by atoms with E-state index in [2.05, 4.69) is 10.5 Å². The summed E-state index contributed by atoms with van der Waals surface area (Å²) in [4.78, 5) is 34.4. The standard InChI is InChI=1S/C21H16N4O6/c1-30-20(26)12-24-11-14(16-4-2-3-5-17(16)24)10-22-23-21(27)19-9-13-8-15(25(28)29)6-7-18(13)31-19/h2-11H,12H2,1H3,(H,23,27)/b22-10-. The minimum absolute atomic E-state index is 0.0271. The van der Waals surface area contributed by atoms with Crippen molar-refractivity contribution in [3.8, 4) is 0 Å². The third-order valence-electron chi connectivity index (χ3n) is 4.65. The van der Waals surface area contributed by atoms with Crippen LogP contribution in [0, 0.1) is 10.1 Å². The Morgan fingerprint density at radius 2 is 2.06 bits per heavy atom. The van der Waals surface area contributed by atoms with E-state index >= 15 is 0 Å². The van der Waals surface area contributed by atoms with Crippen LogP contribution in [0.2, 0.25) is 0 Å². The number of hydrogen-bond donors (Lipinski definition) is 1. The number of aromatic nitrogens is 1. The zero-order valence-electron chi connectivity index (χ0n) is 16.3. The Labute approximate surface area is 174 Å². The van der Waals surface area contributed by atoms with E-state index in [0.29, 0.717) is 16.5 Å². The van der Waals surface area contributed by atoms with Crippen molar-refractivity contribution in [1.82, 2.24) is 9.99 Å². The number of carbonyl (C=O) groups is 2. The number of non-ortho nitro benzene ring substituents is 1. The summed E-state index contributed by atoms with van der Waals surface area (Å²) >= 11 is 0. The largest absolute Gasteiger partial charge is 0.468 e. The molecule has 2 aromatic carbocycles. The van der Waals surface area contributed by atoms with Crippen LogP contribution in [-0.2, 0) is 16.1 Å². The Morgan fingerprint density at radius 3 is 2.84 bits per heavy atom. The molecule has 0 aliphatic carbocycles. The van der Waals surface area contributed by atoms with Gasteiger partial charge in [0.25, 0.3) is 5.69 Å². The lowest BCUT2D eigenvalue weighted by atomic mass is 10.2. The number of nitro benzene ring substituents is 1. The van der Waals surface area contributed by atoms with Crippen LogP contribution >= 0.6 is 0 Å². The molecule has 156 valence electrons. The number of para-hydroxylation sites is 1. The van der Waals surface area contributed by atoms with E-state index in [4.69, 9.17) is 9.15 Å². The molecule has 0 aliphatic rings. The van der Waals surface area contributed by atoms with Crippen LogP contribution in [0.15, 0.2) is 64.2 Å². The van der Waals surface area contributed by atoms with Crippen molar-refractivity contribution in [3.63, 3.8) is 0 Å². The number of benzene rings is 2. The Balaban J connectivity index is 1.54. The minimum atomic E-state index is -0.603. The number of nitrogens with one attached hydrogen (secondary N) is 1. The molecule has 0 aliphatic heterocycles. The van der Waals surface area contributed by atoms with Crippen LogP contribution in [0.5, 0.6) is 0 Å². The second kappa shape index (κ2) is 8.11. The van der Waals surface area contributed by atoms with Gasteiger partial charge >= 0.3 is 11.9 Å². The van der Waals surface area contributed by atoms with Gasteiger partial charge in [-0.1, -0.05) is 18.2 Å². The average Bonchev–Trinajstić information content (AvgIpc) is 3.35. The number of esters is 1. The number of fused-ring (bicyclic) bond motifs is 2. The predicted molar refractivity (Wildman–Crippen MR) is 112 cm³/mol. The number of amides is 1. The van der Waals surface area contributed by atoms with Crippen molar-refractivity contribution in [2.45, 2.75) is 6.54 Å². The van der Waals surface area contributed by atoms with Gasteiger partial charge in [0.15, 0.2) is 5.76 Å². The molecule has 0 radical (unpaired) electrons. The van der Waals surface area contributed by atoms with Crippen molar-refractivity contribution < 1.29 is 23.7 Å². The molecule has 4 rings (SSSR count). The molecular formula is C21H16N4O6. The molecule has 10 heteroatoms. The first-order chi connectivity index (χ1) is 15.0. The molecule has 0 fully saturated rings. The van der Waals surface area contributed by atoms with Crippen LogP contribution in [0.25, 0.3) is 21.9 Å². The highest BCUT2D eigenvalue weighted by Gasteiger charge is 2.15. The average molecular weight is 420 g/mol. The van der Waals surface area contributed by atoms with E-state index in [1.54, 1.807) is 10.8 Å². The normalized spacial score (nSPS) is 11.3. The van der Waals surface area contributed by atoms with Crippen LogP contribution in [0.4, 0.5) is 5.69 Å². The summed E-state index contributed by atoms with van der Waals surface area (Å²) in [5.74, 6) is -1.02. The van der Waals surface area contributed by atoms with Gasteiger partial charge in [0.05, 0.1) is 18.2 Å². The van der Waals surface area contributed by atoms with Gasteiger partial charge in [0, 0.05) is 40.2 Å². The molecular weight excluding hydrogens is 404 g/mol. The zero-order chi connectivity index (χ0) is 22.0. The summed E-state index contributed by atoms with van der Waals surface area (Å²) in [6, 6.07) is 12.9. The van der Waals surface area contributed by atoms with Crippen molar-refractivity contribution in [3.05, 3.63) is 76.2 Å². The fraction of sp³-hybridized carbons (Fsp3) is 0.0952. The third kappa shape index (κ3) is 3.99. The summed E-state index contributed by atoms with van der Waals surface area (Å²) in [5.41, 5.74) is 4.14. The molecule has 0 saturated carbocycles. The Kier molecular flexibility index (Phi) is 5.19. The molecule has 2 heterocycles. The van der Waals surface area contributed by atoms with Crippen molar-refractivity contribution in [2.75, 3.05) is 7.11 Å². The molecule has 1 amide bonds. The van der Waals surface area contributed by atoms with Crippen LogP contribution in [0.3, 0.4) is 0 Å². The fourth-order valence-electron chi connectivity index (χ4n) is 3.18. The first-order valence-electron chi connectivity index (χ1n) is 9.12. The quantitative estimate of drug-likeness (QED) is 0.221. The van der Waals surface area contributed by atoms with Gasteiger partial charge in [-0.15, -0.1) is 0 Å². The number of hydrazone groups is 1. The monoisotopic (exact) mass is 420 g/mol. The summed E-state index contributed by atoms with van der Waals surface area (Å²) in [5, 5.41) is 16.1. The molecule has 0 saturated heterocycles. The van der Waals surface area contributed by atoms with E-state index in [-0.39, 0.29) is 24.0 Å². The van der Waals surface area contributed by atoms with Crippen LogP contribution in [0.1, 0.15) is 16.1 Å². The van der Waals surface area contributed by atoms with E-state index in [1.807, 2.05) is 24.3 Å². The summed E-state index contributed by atoms with van der Waals surface area (Å²) in [7, 11) is 1.32. The molecule has 2 aromatic heterocycles. The smallest absolute Gasteiger partial charge is 0.325 e. The SMILES string of the molecule is COC(=O)Cn1cc(/C=N\NC(=O)c2cc3cc([N+](=O)[O-])ccc3o2)c2ccccc21. The topological polar surface area (TPSA) is 129 Å². The molecule has 0 bridgehead atoms. The minimum Gasteiger partial charge on any atom is -0.468 e. The van der Waals surface area contributed by atoms with E-state index in [0.717, 1.165) is 10.9 Å². The molecule has 10 nitrogen and oxygen atoms in total. The van der Waals surface area contributed by atoms with Gasteiger partial charge in [-0.2, -0.15) is 5.10 Å². The first kappa shape index (κ1) is 19.8. The molecule has 0 atom stereocenters. The highest BCUT2D eigenvalue weighted by molar-refractivity contribution is 6.01.